The molecule has 3 rings (SSSR count). The number of halogens is 3. The van der Waals surface area contributed by atoms with Gasteiger partial charge in [0.05, 0.1) is 12.1 Å². The highest BCUT2D eigenvalue weighted by Crippen LogP contribution is 2.34. The van der Waals surface area contributed by atoms with E-state index in [1.807, 2.05) is 11.4 Å². The van der Waals surface area contributed by atoms with Crippen LogP contribution in [0.15, 0.2) is 41.8 Å². The lowest BCUT2D eigenvalue weighted by atomic mass is 10.2. The van der Waals surface area contributed by atoms with Gasteiger partial charge in [0.2, 0.25) is 5.91 Å². The summed E-state index contributed by atoms with van der Waals surface area (Å²) in [5, 5.41) is 4.58. The topological polar surface area (TPSA) is 32.3 Å². The summed E-state index contributed by atoms with van der Waals surface area (Å²) in [5.41, 5.74) is -0.598. The molecule has 1 aliphatic rings. The number of rotatable bonds is 4. The van der Waals surface area contributed by atoms with Crippen molar-refractivity contribution in [2.45, 2.75) is 25.1 Å². The molecule has 1 N–H and O–H groups in total. The van der Waals surface area contributed by atoms with Crippen LogP contribution in [0.2, 0.25) is 0 Å². The van der Waals surface area contributed by atoms with Crippen molar-refractivity contribution in [1.82, 2.24) is 4.90 Å². The lowest BCUT2D eigenvalue weighted by Crippen LogP contribution is -2.32. The van der Waals surface area contributed by atoms with Crippen LogP contribution in [0.1, 0.15) is 29.3 Å². The molecule has 2 aromatic rings. The summed E-state index contributed by atoms with van der Waals surface area (Å²) in [5.74, 6) is -0.294. The second-order valence-electron chi connectivity index (χ2n) is 5.77. The molecule has 2 heterocycles. The molecule has 1 aromatic heterocycles. The zero-order valence-electron chi connectivity index (χ0n) is 12.8. The predicted octanol–water partition coefficient (Wildman–Crippen LogP) is 4.54. The van der Waals surface area contributed by atoms with E-state index in [9.17, 15) is 18.0 Å². The van der Waals surface area contributed by atoms with Gasteiger partial charge in [0.1, 0.15) is 0 Å². The van der Waals surface area contributed by atoms with Crippen LogP contribution < -0.4 is 5.32 Å². The zero-order valence-corrected chi connectivity index (χ0v) is 13.7. The largest absolute Gasteiger partial charge is 0.416 e. The van der Waals surface area contributed by atoms with Crippen LogP contribution in [-0.2, 0) is 11.0 Å². The minimum atomic E-state index is -4.42. The second kappa shape index (κ2) is 6.94. The third-order valence-electron chi connectivity index (χ3n) is 4.06. The molecule has 0 saturated carbocycles. The maximum atomic E-state index is 12.7. The van der Waals surface area contributed by atoms with Crippen LogP contribution >= 0.6 is 11.3 Å². The van der Waals surface area contributed by atoms with Crippen molar-refractivity contribution in [2.24, 2.45) is 0 Å². The summed E-state index contributed by atoms with van der Waals surface area (Å²) >= 11 is 1.66. The fraction of sp³-hybridized carbons (Fsp3) is 0.353. The highest BCUT2D eigenvalue weighted by molar-refractivity contribution is 7.10. The lowest BCUT2D eigenvalue weighted by molar-refractivity contribution is -0.137. The number of benzene rings is 1. The van der Waals surface area contributed by atoms with E-state index in [1.54, 1.807) is 11.3 Å². The summed E-state index contributed by atoms with van der Waals surface area (Å²) in [6, 6.07) is 8.97. The fourth-order valence-corrected chi connectivity index (χ4v) is 3.87. The molecular formula is C17H17F3N2OS. The Hall–Kier alpha value is -1.86. The normalized spacial score (nSPS) is 18.7. The Morgan fingerprint density at radius 3 is 2.83 bits per heavy atom. The summed E-state index contributed by atoms with van der Waals surface area (Å²) in [4.78, 5) is 15.5. The summed E-state index contributed by atoms with van der Waals surface area (Å²) in [6.45, 7) is 0.997. The number of carbonyl (C=O) groups excluding carboxylic acids is 1. The second-order valence-corrected chi connectivity index (χ2v) is 6.75. The van der Waals surface area contributed by atoms with E-state index in [0.29, 0.717) is 0 Å². The van der Waals surface area contributed by atoms with Gasteiger partial charge < -0.3 is 5.32 Å². The lowest BCUT2D eigenvalue weighted by Gasteiger charge is -2.23. The van der Waals surface area contributed by atoms with Gasteiger partial charge in [-0.1, -0.05) is 12.1 Å². The van der Waals surface area contributed by atoms with Gasteiger partial charge in [0.25, 0.3) is 0 Å². The summed E-state index contributed by atoms with van der Waals surface area (Å²) < 4.78 is 38.2. The maximum Gasteiger partial charge on any atom is 0.416 e. The van der Waals surface area contributed by atoms with Crippen molar-refractivity contribution in [3.63, 3.8) is 0 Å². The minimum absolute atomic E-state index is 0.168. The van der Waals surface area contributed by atoms with E-state index in [1.165, 1.54) is 17.0 Å². The Kier molecular flexibility index (Phi) is 4.91. The Labute approximate surface area is 142 Å². The molecule has 1 fully saturated rings. The van der Waals surface area contributed by atoms with Gasteiger partial charge in [-0.3, -0.25) is 9.69 Å². The molecule has 1 atom stereocenters. The minimum Gasteiger partial charge on any atom is -0.325 e. The molecule has 0 radical (unpaired) electrons. The van der Waals surface area contributed by atoms with Crippen LogP contribution in [0.25, 0.3) is 0 Å². The first-order valence-corrected chi connectivity index (χ1v) is 8.56. The number of nitrogens with zero attached hydrogens (tertiary/aromatic N) is 1. The van der Waals surface area contributed by atoms with E-state index in [2.05, 4.69) is 16.3 Å². The third kappa shape index (κ3) is 3.96. The number of hydrogen-bond donors (Lipinski definition) is 1. The van der Waals surface area contributed by atoms with Crippen molar-refractivity contribution < 1.29 is 18.0 Å². The SMILES string of the molecule is O=C(CN1CCC[C@H]1c1cccs1)Nc1cccc(C(F)(F)F)c1. The Balaban J connectivity index is 1.63. The standard InChI is InChI=1S/C17H17F3N2OS/c18-17(19,20)12-4-1-5-13(10-12)21-16(23)11-22-8-2-6-14(22)15-7-3-9-24-15/h1,3-5,7,9-10,14H,2,6,8,11H2,(H,21,23)/t14-/m0/s1. The first-order valence-electron chi connectivity index (χ1n) is 7.68. The van der Waals surface area contributed by atoms with Gasteiger partial charge in [0, 0.05) is 16.6 Å². The molecule has 128 valence electrons. The molecular weight excluding hydrogens is 337 g/mol. The quantitative estimate of drug-likeness (QED) is 0.874. The van der Waals surface area contributed by atoms with E-state index < -0.39 is 11.7 Å². The molecule has 1 aromatic carbocycles. The van der Waals surface area contributed by atoms with Crippen molar-refractivity contribution >= 4 is 22.9 Å². The van der Waals surface area contributed by atoms with Crippen LogP contribution in [0.4, 0.5) is 18.9 Å². The summed E-state index contributed by atoms with van der Waals surface area (Å²) in [6.07, 6.45) is -2.41. The van der Waals surface area contributed by atoms with Crippen LogP contribution in [-0.4, -0.2) is 23.9 Å². The number of carbonyl (C=O) groups is 1. The molecule has 1 amide bonds. The molecule has 3 nitrogen and oxygen atoms in total. The van der Waals surface area contributed by atoms with E-state index in [-0.39, 0.29) is 24.2 Å². The number of likely N-dealkylation sites (tertiary alicyclic amines) is 1. The molecule has 0 spiro atoms. The Morgan fingerprint density at radius 1 is 1.29 bits per heavy atom. The van der Waals surface area contributed by atoms with Crippen molar-refractivity contribution in [1.29, 1.82) is 0 Å². The molecule has 1 aliphatic heterocycles. The van der Waals surface area contributed by atoms with Crippen molar-refractivity contribution in [2.75, 3.05) is 18.4 Å². The Morgan fingerprint density at radius 2 is 2.12 bits per heavy atom. The van der Waals surface area contributed by atoms with Gasteiger partial charge >= 0.3 is 6.18 Å². The van der Waals surface area contributed by atoms with Crippen molar-refractivity contribution in [3.05, 3.63) is 52.2 Å². The number of amides is 1. The molecule has 1 saturated heterocycles. The molecule has 0 aliphatic carbocycles. The van der Waals surface area contributed by atoms with Gasteiger partial charge in [-0.05, 0) is 49.0 Å². The molecule has 0 bridgehead atoms. The van der Waals surface area contributed by atoms with Gasteiger partial charge in [-0.25, -0.2) is 0 Å². The predicted molar refractivity (Wildman–Crippen MR) is 87.9 cm³/mol. The average molecular weight is 354 g/mol. The fourth-order valence-electron chi connectivity index (χ4n) is 2.98. The first-order chi connectivity index (χ1) is 11.4. The van der Waals surface area contributed by atoms with E-state index >= 15 is 0 Å². The van der Waals surface area contributed by atoms with E-state index in [0.717, 1.165) is 31.5 Å². The smallest absolute Gasteiger partial charge is 0.325 e. The Bertz CT molecular complexity index is 700. The zero-order chi connectivity index (χ0) is 17.2. The number of hydrogen-bond acceptors (Lipinski definition) is 3. The first kappa shape index (κ1) is 17.0. The van der Waals surface area contributed by atoms with Gasteiger partial charge in [-0.2, -0.15) is 13.2 Å². The third-order valence-corrected chi connectivity index (χ3v) is 5.03. The van der Waals surface area contributed by atoms with Gasteiger partial charge in [0.15, 0.2) is 0 Å². The highest BCUT2D eigenvalue weighted by atomic mass is 32.1. The van der Waals surface area contributed by atoms with Crippen molar-refractivity contribution in [3.8, 4) is 0 Å². The monoisotopic (exact) mass is 354 g/mol. The highest BCUT2D eigenvalue weighted by Gasteiger charge is 2.31. The average Bonchev–Trinajstić information content (AvgIpc) is 3.17. The molecule has 7 heteroatoms. The van der Waals surface area contributed by atoms with Crippen LogP contribution in [0, 0.1) is 0 Å². The number of alkyl halides is 3. The summed E-state index contributed by atoms with van der Waals surface area (Å²) in [7, 11) is 0. The maximum absolute atomic E-state index is 12.7. The van der Waals surface area contributed by atoms with Gasteiger partial charge in [-0.15, -0.1) is 11.3 Å². The number of nitrogens with one attached hydrogen (secondary N) is 1. The number of anilines is 1. The number of thiophene rings is 1. The molecule has 24 heavy (non-hydrogen) atoms. The van der Waals surface area contributed by atoms with Crippen LogP contribution in [0.3, 0.4) is 0 Å². The van der Waals surface area contributed by atoms with E-state index in [4.69, 9.17) is 0 Å². The molecule has 0 unspecified atom stereocenters. The van der Waals surface area contributed by atoms with Crippen LogP contribution in [0.5, 0.6) is 0 Å².